The minimum atomic E-state index is -1.04. The number of aromatic nitrogens is 4. The Bertz CT molecular complexity index is 1510. The highest BCUT2D eigenvalue weighted by Crippen LogP contribution is 2.35. The van der Waals surface area contributed by atoms with Gasteiger partial charge in [0, 0.05) is 16.8 Å². The molecule has 4 aromatic rings. The Morgan fingerprint density at radius 2 is 1.80 bits per heavy atom. The molecule has 0 saturated heterocycles. The molecule has 2 amide bonds. The first-order valence-corrected chi connectivity index (χ1v) is 13.7. The maximum atomic E-state index is 14.1. The number of ether oxygens (including phenoxy) is 2. The molecule has 1 N–H and O–H groups in total. The Kier molecular flexibility index (Phi) is 8.53. The van der Waals surface area contributed by atoms with Gasteiger partial charge in [-0.1, -0.05) is 30.5 Å². The fraction of sp³-hybridized carbons (Fsp3) is 0.345. The topological polar surface area (TPSA) is 125 Å². The molecule has 0 aliphatic heterocycles. The van der Waals surface area contributed by atoms with Crippen molar-refractivity contribution in [2.24, 2.45) is 0 Å². The molecule has 1 aliphatic carbocycles. The number of nitrogens with zero attached hydrogens (tertiary/aromatic N) is 5. The van der Waals surface area contributed by atoms with Gasteiger partial charge < -0.3 is 19.2 Å². The third-order valence-corrected chi connectivity index (χ3v) is 7.25. The Labute approximate surface area is 242 Å². The zero-order chi connectivity index (χ0) is 28.9. The Balaban J connectivity index is 1.54. The van der Waals surface area contributed by atoms with E-state index in [1.807, 2.05) is 6.92 Å². The number of carbonyl (C=O) groups is 2. The van der Waals surface area contributed by atoms with Crippen LogP contribution in [-0.4, -0.2) is 52.3 Å². The summed E-state index contributed by atoms with van der Waals surface area (Å²) in [5.41, 5.74) is 1.02. The maximum absolute atomic E-state index is 14.1. The molecule has 0 spiro atoms. The number of benzene rings is 2. The highest BCUT2D eigenvalue weighted by Gasteiger charge is 2.35. The average molecular weight is 579 g/mol. The van der Waals surface area contributed by atoms with E-state index in [2.05, 4.69) is 20.7 Å². The largest absolute Gasteiger partial charge is 0.493 e. The number of aryl methyl sites for hydroxylation is 1. The number of tetrazole rings is 1. The molecule has 41 heavy (non-hydrogen) atoms. The lowest BCUT2D eigenvalue weighted by atomic mass is 10.0. The van der Waals surface area contributed by atoms with Crippen LogP contribution in [0.5, 0.6) is 11.5 Å². The highest BCUT2D eigenvalue weighted by atomic mass is 35.5. The predicted octanol–water partition coefficient (Wildman–Crippen LogP) is 4.75. The van der Waals surface area contributed by atoms with Crippen LogP contribution in [0.4, 0.5) is 5.69 Å². The normalized spacial score (nSPS) is 14.0. The van der Waals surface area contributed by atoms with Crippen molar-refractivity contribution in [2.75, 3.05) is 19.1 Å². The van der Waals surface area contributed by atoms with Gasteiger partial charge in [-0.25, -0.2) is 0 Å². The SMILES string of the molecule is COc1ccc(C(C(=O)NC2CCCC2)N(C(=O)Cn2nnc(-c3ccc(C)o3)n2)c2ccc(Cl)cc2)cc1OC. The lowest BCUT2D eigenvalue weighted by molar-refractivity contribution is -0.127. The van der Waals surface area contributed by atoms with Crippen LogP contribution in [0.15, 0.2) is 59.0 Å². The molecule has 1 fully saturated rings. The van der Waals surface area contributed by atoms with Crippen molar-refractivity contribution in [2.45, 2.75) is 51.2 Å². The maximum Gasteiger partial charge on any atom is 0.251 e. The van der Waals surface area contributed by atoms with Crippen LogP contribution in [0.25, 0.3) is 11.6 Å². The van der Waals surface area contributed by atoms with E-state index in [1.165, 1.54) is 23.9 Å². The summed E-state index contributed by atoms with van der Waals surface area (Å²) in [7, 11) is 3.06. The third kappa shape index (κ3) is 6.35. The first-order valence-electron chi connectivity index (χ1n) is 13.3. The molecule has 1 unspecified atom stereocenters. The standard InChI is InChI=1S/C29H31ClN6O5/c1-18-8-14-24(41-18)28-32-34-35(33-28)17-26(37)36(22-12-10-20(30)11-13-22)27(29(38)31-21-6-4-5-7-21)19-9-15-23(39-2)25(16-19)40-3/h8-16,21,27H,4-7,17H2,1-3H3,(H,31,38). The summed E-state index contributed by atoms with van der Waals surface area (Å²) in [6.45, 7) is 1.53. The second kappa shape index (κ2) is 12.4. The van der Waals surface area contributed by atoms with Gasteiger partial charge in [0.2, 0.25) is 11.7 Å². The van der Waals surface area contributed by atoms with Crippen molar-refractivity contribution < 1.29 is 23.5 Å². The number of anilines is 1. The van der Waals surface area contributed by atoms with E-state index in [0.717, 1.165) is 25.7 Å². The van der Waals surface area contributed by atoms with Gasteiger partial charge in [0.05, 0.1) is 14.2 Å². The van der Waals surface area contributed by atoms with Gasteiger partial charge in [0.15, 0.2) is 17.3 Å². The van der Waals surface area contributed by atoms with Crippen LogP contribution in [0, 0.1) is 6.92 Å². The fourth-order valence-corrected chi connectivity index (χ4v) is 5.12. The first-order chi connectivity index (χ1) is 19.9. The summed E-state index contributed by atoms with van der Waals surface area (Å²) in [6, 6.07) is 14.4. The zero-order valence-electron chi connectivity index (χ0n) is 23.0. The summed E-state index contributed by atoms with van der Waals surface area (Å²) >= 11 is 6.18. The van der Waals surface area contributed by atoms with E-state index in [4.69, 9.17) is 25.5 Å². The van der Waals surface area contributed by atoms with E-state index >= 15 is 0 Å². The van der Waals surface area contributed by atoms with E-state index < -0.39 is 11.9 Å². The monoisotopic (exact) mass is 578 g/mol. The van der Waals surface area contributed by atoms with Gasteiger partial charge in [-0.15, -0.1) is 10.2 Å². The summed E-state index contributed by atoms with van der Waals surface area (Å²) in [5.74, 6) is 1.58. The van der Waals surface area contributed by atoms with Crippen molar-refractivity contribution in [3.05, 3.63) is 70.9 Å². The van der Waals surface area contributed by atoms with Gasteiger partial charge in [-0.2, -0.15) is 4.80 Å². The smallest absolute Gasteiger partial charge is 0.251 e. The molecule has 2 heterocycles. The highest BCUT2D eigenvalue weighted by molar-refractivity contribution is 6.30. The fourth-order valence-electron chi connectivity index (χ4n) is 4.99. The second-order valence-corrected chi connectivity index (χ2v) is 10.2. The van der Waals surface area contributed by atoms with Crippen LogP contribution < -0.4 is 19.7 Å². The van der Waals surface area contributed by atoms with E-state index in [0.29, 0.717) is 39.3 Å². The van der Waals surface area contributed by atoms with Crippen molar-refractivity contribution in [3.63, 3.8) is 0 Å². The lowest BCUT2D eigenvalue weighted by Gasteiger charge is -2.32. The molecule has 0 radical (unpaired) electrons. The number of amides is 2. The molecule has 11 nitrogen and oxygen atoms in total. The summed E-state index contributed by atoms with van der Waals surface area (Å²) in [4.78, 5) is 30.7. The van der Waals surface area contributed by atoms with Crippen LogP contribution in [-0.2, 0) is 16.1 Å². The number of carbonyl (C=O) groups excluding carboxylic acids is 2. The van der Waals surface area contributed by atoms with Crippen LogP contribution in [0.3, 0.4) is 0 Å². The van der Waals surface area contributed by atoms with Gasteiger partial charge in [-0.05, 0) is 79.1 Å². The van der Waals surface area contributed by atoms with Gasteiger partial charge in [0.1, 0.15) is 18.3 Å². The van der Waals surface area contributed by atoms with Gasteiger partial charge in [0.25, 0.3) is 5.91 Å². The number of nitrogens with one attached hydrogen (secondary N) is 1. The van der Waals surface area contributed by atoms with Crippen LogP contribution >= 0.6 is 11.6 Å². The van der Waals surface area contributed by atoms with Crippen molar-refractivity contribution in [3.8, 4) is 23.1 Å². The molecule has 2 aromatic carbocycles. The minimum absolute atomic E-state index is 0.0311. The third-order valence-electron chi connectivity index (χ3n) is 7.00. The van der Waals surface area contributed by atoms with Crippen LogP contribution in [0.2, 0.25) is 5.02 Å². The molecule has 1 atom stereocenters. The Morgan fingerprint density at radius 1 is 1.07 bits per heavy atom. The molecule has 214 valence electrons. The van der Waals surface area contributed by atoms with Crippen molar-refractivity contribution >= 4 is 29.1 Å². The Morgan fingerprint density at radius 3 is 2.46 bits per heavy atom. The molecule has 1 saturated carbocycles. The number of hydrogen-bond acceptors (Lipinski definition) is 8. The van der Waals surface area contributed by atoms with Crippen molar-refractivity contribution in [1.82, 2.24) is 25.5 Å². The lowest BCUT2D eigenvalue weighted by Crippen LogP contribution is -2.47. The number of halogens is 1. The quantitative estimate of drug-likeness (QED) is 0.286. The molecule has 5 rings (SSSR count). The Hall–Kier alpha value is -4.38. The van der Waals surface area contributed by atoms with Crippen LogP contribution in [0.1, 0.15) is 43.0 Å². The molecule has 2 aromatic heterocycles. The summed E-state index contributed by atoms with van der Waals surface area (Å²) in [6.07, 6.45) is 3.86. The average Bonchev–Trinajstić information content (AvgIpc) is 3.75. The van der Waals surface area contributed by atoms with E-state index in [9.17, 15) is 9.59 Å². The van der Waals surface area contributed by atoms with E-state index in [1.54, 1.807) is 54.6 Å². The molecular formula is C29H31ClN6O5. The minimum Gasteiger partial charge on any atom is -0.493 e. The number of furan rings is 1. The number of rotatable bonds is 10. The zero-order valence-corrected chi connectivity index (χ0v) is 23.8. The predicted molar refractivity (Wildman–Crippen MR) is 152 cm³/mol. The van der Waals surface area contributed by atoms with Crippen molar-refractivity contribution in [1.29, 1.82) is 0 Å². The molecule has 1 aliphatic rings. The number of hydrogen-bond donors (Lipinski definition) is 1. The molecule has 0 bridgehead atoms. The molecular weight excluding hydrogens is 548 g/mol. The summed E-state index contributed by atoms with van der Waals surface area (Å²) in [5, 5.41) is 16.1. The van der Waals surface area contributed by atoms with E-state index in [-0.39, 0.29) is 24.3 Å². The number of methoxy groups -OCH3 is 2. The van der Waals surface area contributed by atoms with Gasteiger partial charge >= 0.3 is 0 Å². The second-order valence-electron chi connectivity index (χ2n) is 9.80. The first kappa shape index (κ1) is 28.2. The van der Waals surface area contributed by atoms with Gasteiger partial charge in [-0.3, -0.25) is 14.5 Å². The summed E-state index contributed by atoms with van der Waals surface area (Å²) < 4.78 is 16.5. The molecule has 12 heteroatoms.